The largest absolute Gasteiger partial charge is 0.358 e. The van der Waals surface area contributed by atoms with Gasteiger partial charge in [-0.15, -0.1) is 0 Å². The zero-order valence-electron chi connectivity index (χ0n) is 14.0. The van der Waals surface area contributed by atoms with E-state index in [-0.39, 0.29) is 11.9 Å². The Hall–Kier alpha value is -1.40. The highest BCUT2D eigenvalue weighted by Gasteiger charge is 2.49. The molecular formula is C16H27N5O. The number of nitrogens with one attached hydrogen (secondary N) is 1. The van der Waals surface area contributed by atoms with Crippen molar-refractivity contribution in [3.05, 3.63) is 18.0 Å². The van der Waals surface area contributed by atoms with Gasteiger partial charge in [0, 0.05) is 57.6 Å². The highest BCUT2D eigenvalue weighted by atomic mass is 16.2. The highest BCUT2D eigenvalue weighted by molar-refractivity contribution is 5.82. The Balaban J connectivity index is 1.68. The van der Waals surface area contributed by atoms with Crippen LogP contribution >= 0.6 is 0 Å². The van der Waals surface area contributed by atoms with Crippen molar-refractivity contribution in [2.75, 3.05) is 20.1 Å². The van der Waals surface area contributed by atoms with Crippen LogP contribution < -0.4 is 5.32 Å². The standard InChI is InChI=1S/C16H27N5O/c1-11(2)21-14(16(22)17-3)5-13-9-20(10-15(13)21)8-12-6-18-19(4)7-12/h6-7,11,13-15H,5,8-10H2,1-4H3,(H,17,22)/t13-,14-,15+/m0/s1. The zero-order valence-corrected chi connectivity index (χ0v) is 14.0. The molecule has 1 aromatic rings. The Bertz CT molecular complexity index is 540. The van der Waals surface area contributed by atoms with E-state index in [0.717, 1.165) is 26.1 Å². The van der Waals surface area contributed by atoms with E-state index in [1.165, 1.54) is 5.56 Å². The first-order chi connectivity index (χ1) is 10.5. The second-order valence-electron chi connectivity index (χ2n) is 6.95. The number of aryl methyl sites for hydroxylation is 1. The minimum atomic E-state index is 0.0422. The van der Waals surface area contributed by atoms with Crippen molar-refractivity contribution in [3.8, 4) is 0 Å². The van der Waals surface area contributed by atoms with Gasteiger partial charge >= 0.3 is 0 Å². The number of carbonyl (C=O) groups excluding carboxylic acids is 1. The maximum absolute atomic E-state index is 12.2. The summed E-state index contributed by atoms with van der Waals surface area (Å²) in [7, 11) is 3.69. The van der Waals surface area contributed by atoms with Gasteiger partial charge in [0.25, 0.3) is 0 Å². The lowest BCUT2D eigenvalue weighted by Crippen LogP contribution is -2.50. The van der Waals surface area contributed by atoms with Crippen LogP contribution in [0, 0.1) is 5.92 Å². The van der Waals surface area contributed by atoms with E-state index in [2.05, 4.69) is 40.3 Å². The highest BCUT2D eigenvalue weighted by Crippen LogP contribution is 2.37. The summed E-state index contributed by atoms with van der Waals surface area (Å²) in [6.45, 7) is 7.48. The fraction of sp³-hybridized carbons (Fsp3) is 0.750. The Labute approximate surface area is 132 Å². The summed E-state index contributed by atoms with van der Waals surface area (Å²) in [5, 5.41) is 7.08. The molecule has 2 saturated heterocycles. The quantitative estimate of drug-likeness (QED) is 0.877. The molecule has 0 bridgehead atoms. The topological polar surface area (TPSA) is 53.4 Å². The zero-order chi connectivity index (χ0) is 15.9. The van der Waals surface area contributed by atoms with Gasteiger partial charge in [-0.3, -0.25) is 19.3 Å². The molecule has 2 aliphatic rings. The Kier molecular flexibility index (Phi) is 4.23. The summed E-state index contributed by atoms with van der Waals surface area (Å²) in [4.78, 5) is 17.1. The molecule has 1 N–H and O–H groups in total. The number of rotatable bonds is 4. The number of carbonyl (C=O) groups is 1. The molecule has 0 spiro atoms. The fourth-order valence-electron chi connectivity index (χ4n) is 4.24. The van der Waals surface area contributed by atoms with Gasteiger partial charge in [0.1, 0.15) is 0 Å². The molecule has 6 nitrogen and oxygen atoms in total. The van der Waals surface area contributed by atoms with E-state index in [0.29, 0.717) is 18.0 Å². The number of aromatic nitrogens is 2. The summed E-state index contributed by atoms with van der Waals surface area (Å²) in [6, 6.07) is 0.940. The van der Waals surface area contributed by atoms with Crippen LogP contribution in [-0.4, -0.2) is 63.8 Å². The normalized spacial score (nSPS) is 29.2. The van der Waals surface area contributed by atoms with Crippen molar-refractivity contribution < 1.29 is 4.79 Å². The fourth-order valence-corrected chi connectivity index (χ4v) is 4.24. The Morgan fingerprint density at radius 1 is 1.45 bits per heavy atom. The molecule has 22 heavy (non-hydrogen) atoms. The summed E-state index contributed by atoms with van der Waals surface area (Å²) >= 11 is 0. The first kappa shape index (κ1) is 15.5. The van der Waals surface area contributed by atoms with Gasteiger partial charge in [0.05, 0.1) is 12.2 Å². The summed E-state index contributed by atoms with van der Waals surface area (Å²) in [5.74, 6) is 0.767. The minimum absolute atomic E-state index is 0.0422. The van der Waals surface area contributed by atoms with Gasteiger partial charge in [0.15, 0.2) is 0 Å². The molecule has 6 heteroatoms. The Morgan fingerprint density at radius 2 is 2.23 bits per heavy atom. The van der Waals surface area contributed by atoms with Crippen LogP contribution in [0.25, 0.3) is 0 Å². The molecule has 0 saturated carbocycles. The third-order valence-electron chi connectivity index (χ3n) is 5.06. The molecule has 3 heterocycles. The second kappa shape index (κ2) is 6.01. The van der Waals surface area contributed by atoms with Gasteiger partial charge in [-0.25, -0.2) is 0 Å². The van der Waals surface area contributed by atoms with Crippen LogP contribution in [0.5, 0.6) is 0 Å². The number of likely N-dealkylation sites (N-methyl/N-ethyl adjacent to an activating group) is 1. The van der Waals surface area contributed by atoms with E-state index < -0.39 is 0 Å². The lowest BCUT2D eigenvalue weighted by atomic mass is 10.0. The molecule has 1 aromatic heterocycles. The summed E-state index contributed by atoms with van der Waals surface area (Å²) < 4.78 is 1.86. The van der Waals surface area contributed by atoms with E-state index in [4.69, 9.17) is 0 Å². The van der Waals surface area contributed by atoms with Crippen molar-refractivity contribution in [2.24, 2.45) is 13.0 Å². The van der Waals surface area contributed by atoms with Gasteiger partial charge in [0.2, 0.25) is 5.91 Å². The van der Waals surface area contributed by atoms with Crippen LogP contribution in [0.1, 0.15) is 25.8 Å². The molecule has 3 rings (SSSR count). The molecule has 122 valence electrons. The number of fused-ring (bicyclic) bond motifs is 1. The molecular weight excluding hydrogens is 278 g/mol. The predicted molar refractivity (Wildman–Crippen MR) is 85.2 cm³/mol. The molecule has 2 fully saturated rings. The lowest BCUT2D eigenvalue weighted by molar-refractivity contribution is -0.126. The predicted octanol–water partition coefficient (Wildman–Crippen LogP) is 0.449. The molecule has 0 radical (unpaired) electrons. The SMILES string of the molecule is CNC(=O)[C@@H]1C[C@H]2CN(Cc3cnn(C)c3)C[C@H]2N1C(C)C. The summed E-state index contributed by atoms with van der Waals surface area (Å²) in [6.07, 6.45) is 5.01. The van der Waals surface area contributed by atoms with Gasteiger partial charge in [-0.2, -0.15) is 5.10 Å². The van der Waals surface area contributed by atoms with Gasteiger partial charge in [-0.05, 0) is 26.2 Å². The number of likely N-dealkylation sites (tertiary alicyclic amines) is 2. The number of hydrogen-bond donors (Lipinski definition) is 1. The van der Waals surface area contributed by atoms with Crippen LogP contribution in [-0.2, 0) is 18.4 Å². The molecule has 1 amide bonds. The van der Waals surface area contributed by atoms with Crippen molar-refractivity contribution >= 4 is 5.91 Å². The van der Waals surface area contributed by atoms with Crippen molar-refractivity contribution in [2.45, 2.75) is 44.9 Å². The average molecular weight is 305 g/mol. The number of nitrogens with zero attached hydrogens (tertiary/aromatic N) is 4. The maximum atomic E-state index is 12.2. The monoisotopic (exact) mass is 305 g/mol. The summed E-state index contributed by atoms with van der Waals surface area (Å²) in [5.41, 5.74) is 1.27. The van der Waals surface area contributed by atoms with E-state index in [1.807, 2.05) is 17.9 Å². The van der Waals surface area contributed by atoms with Crippen LogP contribution in [0.15, 0.2) is 12.4 Å². The lowest BCUT2D eigenvalue weighted by Gasteiger charge is -2.33. The van der Waals surface area contributed by atoms with Gasteiger partial charge in [-0.1, -0.05) is 0 Å². The molecule has 2 aliphatic heterocycles. The van der Waals surface area contributed by atoms with Crippen LogP contribution in [0.4, 0.5) is 0 Å². The first-order valence-electron chi connectivity index (χ1n) is 8.18. The maximum Gasteiger partial charge on any atom is 0.237 e. The molecule has 0 unspecified atom stereocenters. The molecule has 3 atom stereocenters. The average Bonchev–Trinajstić information content (AvgIpc) is 3.11. The van der Waals surface area contributed by atoms with Crippen LogP contribution in [0.3, 0.4) is 0 Å². The third kappa shape index (κ3) is 2.77. The Morgan fingerprint density at radius 3 is 2.82 bits per heavy atom. The van der Waals surface area contributed by atoms with E-state index >= 15 is 0 Å². The van der Waals surface area contributed by atoms with E-state index in [1.54, 1.807) is 7.05 Å². The molecule has 0 aromatic carbocycles. The smallest absolute Gasteiger partial charge is 0.237 e. The van der Waals surface area contributed by atoms with Crippen LogP contribution in [0.2, 0.25) is 0 Å². The van der Waals surface area contributed by atoms with Gasteiger partial charge < -0.3 is 5.32 Å². The third-order valence-corrected chi connectivity index (χ3v) is 5.06. The minimum Gasteiger partial charge on any atom is -0.358 e. The number of amides is 1. The first-order valence-corrected chi connectivity index (χ1v) is 8.18. The van der Waals surface area contributed by atoms with Crippen molar-refractivity contribution in [1.82, 2.24) is 24.9 Å². The number of hydrogen-bond acceptors (Lipinski definition) is 4. The van der Waals surface area contributed by atoms with E-state index in [9.17, 15) is 4.79 Å². The van der Waals surface area contributed by atoms with Crippen molar-refractivity contribution in [3.63, 3.8) is 0 Å². The van der Waals surface area contributed by atoms with Crippen molar-refractivity contribution in [1.29, 1.82) is 0 Å². The second-order valence-corrected chi connectivity index (χ2v) is 6.95. The molecule has 0 aliphatic carbocycles.